The van der Waals surface area contributed by atoms with Gasteiger partial charge in [0.25, 0.3) is 11.8 Å². The Morgan fingerprint density at radius 2 is 1.68 bits per heavy atom. The third kappa shape index (κ3) is 7.16. The maximum absolute atomic E-state index is 13.8. The van der Waals surface area contributed by atoms with Gasteiger partial charge in [-0.15, -0.1) is 0 Å². The van der Waals surface area contributed by atoms with Gasteiger partial charge in [0.2, 0.25) is 0 Å². The normalized spacial score (nSPS) is 16.2. The van der Waals surface area contributed by atoms with Gasteiger partial charge in [-0.2, -0.15) is 0 Å². The summed E-state index contributed by atoms with van der Waals surface area (Å²) in [6, 6.07) is 29.2. The van der Waals surface area contributed by atoms with Crippen LogP contribution < -0.4 is 15.1 Å². The van der Waals surface area contributed by atoms with Crippen LogP contribution >= 0.6 is 23.4 Å². The minimum absolute atomic E-state index is 0.162. The van der Waals surface area contributed by atoms with Crippen LogP contribution in [0.5, 0.6) is 0 Å². The van der Waals surface area contributed by atoms with E-state index in [0.29, 0.717) is 22.7 Å². The Labute approximate surface area is 266 Å². The second-order valence-electron chi connectivity index (χ2n) is 10.8. The molecule has 9 heteroatoms. The van der Waals surface area contributed by atoms with Gasteiger partial charge in [-0.3, -0.25) is 14.5 Å². The molecule has 4 aromatic rings. The Hall–Kier alpha value is -4.11. The minimum atomic E-state index is -0.332. The molecule has 0 saturated carbocycles. The summed E-state index contributed by atoms with van der Waals surface area (Å²) in [5, 5.41) is 3.79. The summed E-state index contributed by atoms with van der Waals surface area (Å²) < 4.78 is 13.6. The number of thioether (sulfide) groups is 1. The van der Waals surface area contributed by atoms with Crippen molar-refractivity contribution in [1.29, 1.82) is 0 Å². The van der Waals surface area contributed by atoms with Crippen molar-refractivity contribution >= 4 is 52.6 Å². The molecule has 2 amide bonds. The number of fused-ring (bicyclic) bond motifs is 1. The van der Waals surface area contributed by atoms with Crippen molar-refractivity contribution in [2.75, 3.05) is 49.1 Å². The first-order valence-electron chi connectivity index (χ1n) is 14.6. The maximum Gasteiger partial charge on any atom is 0.265 e. The average Bonchev–Trinajstić information content (AvgIpc) is 3.04. The quantitative estimate of drug-likeness (QED) is 0.220. The van der Waals surface area contributed by atoms with E-state index in [4.69, 9.17) is 11.6 Å². The minimum Gasteiger partial charge on any atom is -0.369 e. The van der Waals surface area contributed by atoms with Crippen molar-refractivity contribution in [1.82, 2.24) is 10.2 Å². The van der Waals surface area contributed by atoms with Crippen molar-refractivity contribution in [3.05, 3.63) is 129 Å². The van der Waals surface area contributed by atoms with Gasteiger partial charge in [-0.05, 0) is 65.7 Å². The van der Waals surface area contributed by atoms with Crippen LogP contribution in [0.1, 0.15) is 21.5 Å². The number of benzene rings is 4. The van der Waals surface area contributed by atoms with E-state index in [1.54, 1.807) is 29.2 Å². The molecule has 0 aromatic heterocycles. The zero-order chi connectivity index (χ0) is 30.5. The lowest BCUT2D eigenvalue weighted by Gasteiger charge is -2.36. The van der Waals surface area contributed by atoms with Gasteiger partial charge >= 0.3 is 0 Å². The molecular weight excluding hydrogens is 595 g/mol. The predicted molar refractivity (Wildman–Crippen MR) is 177 cm³/mol. The van der Waals surface area contributed by atoms with Gasteiger partial charge in [0.15, 0.2) is 0 Å². The molecule has 0 aliphatic carbocycles. The standard InChI is InChI=1S/C35H32ClFN4O2S/c36-28-7-4-8-30(23-28)40-19-17-39(18-20-40)16-15-38-34(42)27-11-14-32-31(22-27)41(24-26-9-12-29(37)13-10-26)35(43)33(44-32)21-25-5-2-1-3-6-25/h1-14,21-23H,15-20,24H2,(H,38,42). The number of halogens is 2. The zero-order valence-electron chi connectivity index (χ0n) is 24.1. The van der Waals surface area contributed by atoms with Gasteiger partial charge in [0.1, 0.15) is 5.82 Å². The number of carbonyl (C=O) groups excluding carboxylic acids is 2. The SMILES string of the molecule is O=C(NCCN1CCN(c2cccc(Cl)c2)CC1)c1ccc2c(c1)N(Cc1ccc(F)cc1)C(=O)C(=Cc1ccccc1)S2. The van der Waals surface area contributed by atoms with E-state index >= 15 is 0 Å². The Kier molecular flexibility index (Phi) is 9.31. The highest BCUT2D eigenvalue weighted by Crippen LogP contribution is 2.43. The molecule has 2 heterocycles. The van der Waals surface area contributed by atoms with Crippen LogP contribution in [-0.2, 0) is 11.3 Å². The molecule has 0 radical (unpaired) electrons. The third-order valence-corrected chi connectivity index (χ3v) is 9.11. The largest absolute Gasteiger partial charge is 0.369 e. The predicted octanol–water partition coefficient (Wildman–Crippen LogP) is 6.71. The molecule has 0 spiro atoms. The average molecular weight is 627 g/mol. The van der Waals surface area contributed by atoms with Crippen LogP contribution in [0.2, 0.25) is 5.02 Å². The van der Waals surface area contributed by atoms with Gasteiger partial charge in [-0.25, -0.2) is 4.39 Å². The topological polar surface area (TPSA) is 55.9 Å². The van der Waals surface area contributed by atoms with Gasteiger partial charge in [0.05, 0.1) is 17.1 Å². The monoisotopic (exact) mass is 626 g/mol. The molecule has 1 N–H and O–H groups in total. The second kappa shape index (κ2) is 13.7. The van der Waals surface area contributed by atoms with Gasteiger partial charge in [0, 0.05) is 60.4 Å². The highest BCUT2D eigenvalue weighted by Gasteiger charge is 2.30. The number of piperazine rings is 1. The van der Waals surface area contributed by atoms with Crippen molar-refractivity contribution in [2.45, 2.75) is 11.4 Å². The van der Waals surface area contributed by atoms with E-state index in [0.717, 1.165) is 59.5 Å². The summed E-state index contributed by atoms with van der Waals surface area (Å²) in [5.41, 5.74) is 4.00. The van der Waals surface area contributed by atoms with Crippen molar-refractivity contribution < 1.29 is 14.0 Å². The Morgan fingerprint density at radius 3 is 2.43 bits per heavy atom. The summed E-state index contributed by atoms with van der Waals surface area (Å²) in [7, 11) is 0. The Morgan fingerprint density at radius 1 is 0.909 bits per heavy atom. The first-order valence-corrected chi connectivity index (χ1v) is 15.8. The van der Waals surface area contributed by atoms with Crippen LogP contribution in [0.25, 0.3) is 6.08 Å². The van der Waals surface area contributed by atoms with E-state index in [1.807, 2.05) is 60.7 Å². The third-order valence-electron chi connectivity index (χ3n) is 7.80. The molecule has 1 saturated heterocycles. The van der Waals surface area contributed by atoms with Gasteiger partial charge < -0.3 is 15.1 Å². The van der Waals surface area contributed by atoms with Gasteiger partial charge in [-0.1, -0.05) is 71.9 Å². The zero-order valence-corrected chi connectivity index (χ0v) is 25.7. The number of anilines is 2. The number of amides is 2. The number of hydrogen-bond acceptors (Lipinski definition) is 5. The fraction of sp³-hybridized carbons (Fsp3) is 0.200. The molecular formula is C35H32ClFN4O2S. The summed E-state index contributed by atoms with van der Waals surface area (Å²) in [6.07, 6.45) is 1.88. The van der Waals surface area contributed by atoms with E-state index in [9.17, 15) is 14.0 Å². The molecule has 2 aliphatic rings. The highest BCUT2D eigenvalue weighted by atomic mass is 35.5. The van der Waals surface area contributed by atoms with Crippen molar-refractivity contribution in [2.24, 2.45) is 0 Å². The Bertz CT molecular complexity index is 1670. The van der Waals surface area contributed by atoms with Crippen LogP contribution in [-0.4, -0.2) is 56.0 Å². The summed E-state index contributed by atoms with van der Waals surface area (Å²) >= 11 is 7.55. The van der Waals surface area contributed by atoms with Crippen LogP contribution in [0.3, 0.4) is 0 Å². The molecule has 224 valence electrons. The van der Waals surface area contributed by atoms with Crippen molar-refractivity contribution in [3.63, 3.8) is 0 Å². The Balaban J connectivity index is 1.13. The molecule has 4 aromatic carbocycles. The lowest BCUT2D eigenvalue weighted by Crippen LogP contribution is -2.48. The molecule has 6 rings (SSSR count). The van der Waals surface area contributed by atoms with E-state index in [-0.39, 0.29) is 24.2 Å². The van der Waals surface area contributed by atoms with Crippen LogP contribution in [0.15, 0.2) is 107 Å². The van der Waals surface area contributed by atoms with E-state index in [2.05, 4.69) is 21.2 Å². The summed E-state index contributed by atoms with van der Waals surface area (Å²) in [6.45, 7) is 5.12. The first kappa shape index (κ1) is 29.9. The molecule has 0 unspecified atom stereocenters. The maximum atomic E-state index is 13.8. The van der Waals surface area contributed by atoms with Crippen LogP contribution in [0.4, 0.5) is 15.8 Å². The van der Waals surface area contributed by atoms with E-state index < -0.39 is 0 Å². The number of nitrogens with one attached hydrogen (secondary N) is 1. The number of carbonyl (C=O) groups is 2. The first-order chi connectivity index (χ1) is 21.4. The fourth-order valence-corrected chi connectivity index (χ4v) is 6.64. The molecule has 1 fully saturated rings. The lowest BCUT2D eigenvalue weighted by molar-refractivity contribution is -0.114. The number of hydrogen-bond donors (Lipinski definition) is 1. The highest BCUT2D eigenvalue weighted by molar-refractivity contribution is 8.04. The molecule has 0 bridgehead atoms. The van der Waals surface area contributed by atoms with Crippen molar-refractivity contribution in [3.8, 4) is 0 Å². The second-order valence-corrected chi connectivity index (χ2v) is 12.3. The lowest BCUT2D eigenvalue weighted by atomic mass is 10.1. The molecule has 44 heavy (non-hydrogen) atoms. The molecule has 0 atom stereocenters. The fourth-order valence-electron chi connectivity index (χ4n) is 5.41. The number of nitrogens with zero attached hydrogens (tertiary/aromatic N) is 3. The van der Waals surface area contributed by atoms with Crippen LogP contribution in [0, 0.1) is 5.82 Å². The molecule has 2 aliphatic heterocycles. The van der Waals surface area contributed by atoms with E-state index in [1.165, 1.54) is 23.9 Å². The summed E-state index contributed by atoms with van der Waals surface area (Å²) in [5.74, 6) is -0.679. The number of rotatable bonds is 8. The molecule has 6 nitrogen and oxygen atoms in total. The smallest absolute Gasteiger partial charge is 0.265 e. The summed E-state index contributed by atoms with van der Waals surface area (Å²) in [4.78, 5) is 34.8.